The van der Waals surface area contributed by atoms with Gasteiger partial charge in [-0.3, -0.25) is 0 Å². The lowest BCUT2D eigenvalue weighted by Gasteiger charge is -2.32. The van der Waals surface area contributed by atoms with E-state index < -0.39 is 12.0 Å². The fourth-order valence-corrected chi connectivity index (χ4v) is 2.19. The van der Waals surface area contributed by atoms with Gasteiger partial charge in [-0.05, 0) is 12.8 Å². The minimum atomic E-state index is -1.04. The molecular formula is C13H20N4O4. The van der Waals surface area contributed by atoms with Crippen molar-refractivity contribution in [1.29, 1.82) is 0 Å². The third kappa shape index (κ3) is 4.45. The number of hydrogen-bond donors (Lipinski definition) is 2. The second-order valence-electron chi connectivity index (χ2n) is 4.86. The monoisotopic (exact) mass is 296 g/mol. The molecule has 8 heteroatoms. The van der Waals surface area contributed by atoms with Crippen molar-refractivity contribution in [2.24, 2.45) is 0 Å². The van der Waals surface area contributed by atoms with E-state index in [4.69, 9.17) is 9.84 Å². The molecule has 1 saturated heterocycles. The Kier molecular flexibility index (Phi) is 5.56. The van der Waals surface area contributed by atoms with Crippen LogP contribution in [0.3, 0.4) is 0 Å². The van der Waals surface area contributed by atoms with Crippen molar-refractivity contribution in [3.05, 3.63) is 18.7 Å². The third-order valence-electron chi connectivity index (χ3n) is 3.35. The molecule has 1 aliphatic heterocycles. The molecular weight excluding hydrogens is 276 g/mol. The SMILES string of the molecule is O=C(O)C1COCCN1C(=O)NCCCCn1ccnc1. The summed E-state index contributed by atoms with van der Waals surface area (Å²) < 4.78 is 7.07. The molecule has 1 aromatic heterocycles. The number of aromatic nitrogens is 2. The number of hydrogen-bond acceptors (Lipinski definition) is 4. The fourth-order valence-electron chi connectivity index (χ4n) is 2.19. The minimum absolute atomic E-state index is 0.0450. The van der Waals surface area contributed by atoms with Crippen molar-refractivity contribution in [3.8, 4) is 0 Å². The van der Waals surface area contributed by atoms with E-state index in [2.05, 4.69) is 10.3 Å². The summed E-state index contributed by atoms with van der Waals surface area (Å²) in [6.07, 6.45) is 7.12. The van der Waals surface area contributed by atoms with Crippen LogP contribution >= 0.6 is 0 Å². The zero-order chi connectivity index (χ0) is 15.1. The molecule has 8 nitrogen and oxygen atoms in total. The molecule has 0 bridgehead atoms. The molecule has 2 heterocycles. The highest BCUT2D eigenvalue weighted by molar-refractivity contribution is 5.82. The number of nitrogens with one attached hydrogen (secondary N) is 1. The van der Waals surface area contributed by atoms with Crippen LogP contribution in [0.1, 0.15) is 12.8 Å². The number of carboxylic acid groups (broad SMARTS) is 1. The van der Waals surface area contributed by atoms with E-state index in [1.807, 2.05) is 10.8 Å². The maximum atomic E-state index is 12.0. The van der Waals surface area contributed by atoms with Gasteiger partial charge in [-0.15, -0.1) is 0 Å². The fraction of sp³-hybridized carbons (Fsp3) is 0.615. The number of aliphatic carboxylic acids is 1. The number of urea groups is 1. The number of morpholine rings is 1. The lowest BCUT2D eigenvalue weighted by atomic mass is 10.2. The highest BCUT2D eigenvalue weighted by Crippen LogP contribution is 2.07. The molecule has 0 saturated carbocycles. The smallest absolute Gasteiger partial charge is 0.328 e. The summed E-state index contributed by atoms with van der Waals surface area (Å²) in [7, 11) is 0. The Morgan fingerprint density at radius 3 is 3.00 bits per heavy atom. The van der Waals surface area contributed by atoms with Gasteiger partial charge in [0.15, 0.2) is 6.04 Å². The lowest BCUT2D eigenvalue weighted by molar-refractivity contribution is -0.147. The van der Waals surface area contributed by atoms with Gasteiger partial charge in [-0.2, -0.15) is 0 Å². The Balaban J connectivity index is 1.67. The number of carboxylic acids is 1. The second-order valence-corrected chi connectivity index (χ2v) is 4.86. The summed E-state index contributed by atoms with van der Waals surface area (Å²) in [6.45, 7) is 2.10. The van der Waals surface area contributed by atoms with Gasteiger partial charge in [-0.25, -0.2) is 14.6 Å². The van der Waals surface area contributed by atoms with Gasteiger partial charge >= 0.3 is 12.0 Å². The van der Waals surface area contributed by atoms with Crippen LogP contribution in [0.25, 0.3) is 0 Å². The first-order valence-electron chi connectivity index (χ1n) is 6.99. The van der Waals surface area contributed by atoms with Crippen LogP contribution in [0.5, 0.6) is 0 Å². The van der Waals surface area contributed by atoms with E-state index in [0.717, 1.165) is 19.4 Å². The Labute approximate surface area is 122 Å². The molecule has 1 aliphatic rings. The van der Waals surface area contributed by atoms with Crippen LogP contribution in [0.2, 0.25) is 0 Å². The molecule has 2 N–H and O–H groups in total. The molecule has 1 aromatic rings. The number of imidazole rings is 1. The molecule has 0 aliphatic carbocycles. The normalized spacial score (nSPS) is 18.5. The summed E-state index contributed by atoms with van der Waals surface area (Å²) >= 11 is 0. The summed E-state index contributed by atoms with van der Waals surface area (Å²) in [5.41, 5.74) is 0. The predicted octanol–water partition coefficient (Wildman–Crippen LogP) is 0.158. The molecule has 2 rings (SSSR count). The van der Waals surface area contributed by atoms with E-state index >= 15 is 0 Å². The molecule has 116 valence electrons. The van der Waals surface area contributed by atoms with E-state index in [-0.39, 0.29) is 12.6 Å². The third-order valence-corrected chi connectivity index (χ3v) is 3.35. The van der Waals surface area contributed by atoms with E-state index in [1.165, 1.54) is 4.90 Å². The van der Waals surface area contributed by atoms with Crippen LogP contribution in [0.4, 0.5) is 4.79 Å². The summed E-state index contributed by atoms with van der Waals surface area (Å²) in [4.78, 5) is 28.3. The standard InChI is InChI=1S/C13H20N4O4/c18-12(19)11-9-21-8-7-17(11)13(20)15-3-1-2-5-16-6-4-14-10-16/h4,6,10-11H,1-3,5,7-9H2,(H,15,20)(H,18,19). The number of nitrogens with zero attached hydrogens (tertiary/aromatic N) is 3. The quantitative estimate of drug-likeness (QED) is 0.729. The zero-order valence-electron chi connectivity index (χ0n) is 11.8. The van der Waals surface area contributed by atoms with Gasteiger partial charge in [0.1, 0.15) is 0 Å². The average Bonchev–Trinajstić information content (AvgIpc) is 3.00. The summed E-state index contributed by atoms with van der Waals surface area (Å²) in [6, 6.07) is -1.24. The largest absolute Gasteiger partial charge is 0.480 e. The highest BCUT2D eigenvalue weighted by atomic mass is 16.5. The number of aryl methyl sites for hydroxylation is 1. The first-order chi connectivity index (χ1) is 10.2. The first kappa shape index (κ1) is 15.3. The number of unbranched alkanes of at least 4 members (excludes halogenated alkanes) is 1. The molecule has 21 heavy (non-hydrogen) atoms. The number of rotatable bonds is 6. The zero-order valence-corrected chi connectivity index (χ0v) is 11.8. The molecule has 1 unspecified atom stereocenters. The predicted molar refractivity (Wildman–Crippen MR) is 73.8 cm³/mol. The van der Waals surface area contributed by atoms with Gasteiger partial charge in [0, 0.05) is 32.0 Å². The Hall–Kier alpha value is -2.09. The molecule has 1 fully saturated rings. The minimum Gasteiger partial charge on any atom is -0.480 e. The van der Waals surface area contributed by atoms with E-state index in [9.17, 15) is 9.59 Å². The van der Waals surface area contributed by atoms with Crippen molar-refractivity contribution < 1.29 is 19.4 Å². The Morgan fingerprint density at radius 1 is 1.43 bits per heavy atom. The van der Waals surface area contributed by atoms with Gasteiger partial charge in [0.05, 0.1) is 19.5 Å². The van der Waals surface area contributed by atoms with Crippen molar-refractivity contribution in [2.45, 2.75) is 25.4 Å². The molecule has 2 amide bonds. The van der Waals surface area contributed by atoms with Gasteiger partial charge < -0.3 is 24.6 Å². The van der Waals surface area contributed by atoms with Crippen LogP contribution in [-0.4, -0.2) is 63.9 Å². The van der Waals surface area contributed by atoms with Crippen molar-refractivity contribution in [1.82, 2.24) is 19.8 Å². The van der Waals surface area contributed by atoms with E-state index in [1.54, 1.807) is 12.5 Å². The highest BCUT2D eigenvalue weighted by Gasteiger charge is 2.32. The number of ether oxygens (including phenoxy) is 1. The topological polar surface area (TPSA) is 96.7 Å². The van der Waals surface area contributed by atoms with Gasteiger partial charge in [0.25, 0.3) is 0 Å². The maximum absolute atomic E-state index is 12.0. The number of carbonyl (C=O) groups is 2. The van der Waals surface area contributed by atoms with Crippen LogP contribution in [0, 0.1) is 0 Å². The second kappa shape index (κ2) is 7.63. The molecule has 0 spiro atoms. The molecule has 0 aromatic carbocycles. The lowest BCUT2D eigenvalue weighted by Crippen LogP contribution is -2.55. The van der Waals surface area contributed by atoms with Crippen molar-refractivity contribution in [2.75, 3.05) is 26.3 Å². The number of amides is 2. The van der Waals surface area contributed by atoms with E-state index in [0.29, 0.717) is 19.7 Å². The van der Waals surface area contributed by atoms with Gasteiger partial charge in [0.2, 0.25) is 0 Å². The molecule has 1 atom stereocenters. The van der Waals surface area contributed by atoms with Crippen molar-refractivity contribution in [3.63, 3.8) is 0 Å². The first-order valence-corrected chi connectivity index (χ1v) is 6.99. The maximum Gasteiger partial charge on any atom is 0.328 e. The summed E-state index contributed by atoms with van der Waals surface area (Å²) in [5, 5.41) is 11.8. The molecule has 0 radical (unpaired) electrons. The van der Waals surface area contributed by atoms with Crippen molar-refractivity contribution >= 4 is 12.0 Å². The number of carbonyl (C=O) groups excluding carboxylic acids is 1. The van der Waals surface area contributed by atoms with Crippen LogP contribution < -0.4 is 5.32 Å². The summed E-state index contributed by atoms with van der Waals surface area (Å²) in [5.74, 6) is -1.04. The van der Waals surface area contributed by atoms with Crippen LogP contribution in [0.15, 0.2) is 18.7 Å². The Bertz CT molecular complexity index is 463. The average molecular weight is 296 g/mol. The van der Waals surface area contributed by atoms with Crippen LogP contribution in [-0.2, 0) is 16.1 Å². The Morgan fingerprint density at radius 2 is 2.29 bits per heavy atom. The van der Waals surface area contributed by atoms with Gasteiger partial charge in [-0.1, -0.05) is 0 Å².